The molecular formula is C24H28FN5O3. The van der Waals surface area contributed by atoms with Crippen LogP contribution in [0.25, 0.3) is 10.4 Å². The lowest BCUT2D eigenvalue weighted by molar-refractivity contribution is -0.150. The number of halogens is 1. The highest BCUT2D eigenvalue weighted by Crippen LogP contribution is 2.36. The largest absolute Gasteiger partial charge is 0.383 e. The summed E-state index contributed by atoms with van der Waals surface area (Å²) in [5.41, 5.74) is 12.1. The van der Waals surface area contributed by atoms with Crippen molar-refractivity contribution >= 4 is 5.91 Å². The maximum absolute atomic E-state index is 13.7. The van der Waals surface area contributed by atoms with Crippen molar-refractivity contribution < 1.29 is 18.7 Å². The minimum atomic E-state index is -0.714. The second kappa shape index (κ2) is 10.8. The first-order valence-electron chi connectivity index (χ1n) is 11.1. The zero-order valence-electron chi connectivity index (χ0n) is 18.6. The summed E-state index contributed by atoms with van der Waals surface area (Å²) in [4.78, 5) is 18.5. The first kappa shape index (κ1) is 23.2. The normalized spacial score (nSPS) is 24.6. The highest BCUT2D eigenvalue weighted by Gasteiger charge is 2.40. The van der Waals surface area contributed by atoms with Gasteiger partial charge in [-0.25, -0.2) is 4.39 Å². The molecule has 1 fully saturated rings. The summed E-state index contributed by atoms with van der Waals surface area (Å²) >= 11 is 0. The Morgan fingerprint density at radius 1 is 1.30 bits per heavy atom. The number of nitrogens with zero attached hydrogens (tertiary/aromatic N) is 4. The van der Waals surface area contributed by atoms with Gasteiger partial charge in [0, 0.05) is 31.2 Å². The molecule has 0 saturated carbocycles. The van der Waals surface area contributed by atoms with Gasteiger partial charge in [0.15, 0.2) is 0 Å². The predicted octanol–water partition coefficient (Wildman–Crippen LogP) is 3.37. The van der Waals surface area contributed by atoms with E-state index in [1.807, 2.05) is 23.1 Å². The third kappa shape index (κ3) is 5.17. The number of benzene rings is 2. The van der Waals surface area contributed by atoms with E-state index >= 15 is 0 Å². The molecule has 1 N–H and O–H groups in total. The molecule has 0 radical (unpaired) electrons. The SMILES string of the molecule is COCCN[C@@H]1CO[C@@H](C(=O)N2CCc3ccccc3[C@@H]2c2ccc(F)cc2)CC1N=[N+]=[N-]. The number of methoxy groups -OCH3 is 1. The van der Waals surface area contributed by atoms with Crippen molar-refractivity contribution in [3.05, 3.63) is 81.5 Å². The van der Waals surface area contributed by atoms with Gasteiger partial charge < -0.3 is 19.7 Å². The van der Waals surface area contributed by atoms with Crippen molar-refractivity contribution in [1.29, 1.82) is 0 Å². The lowest BCUT2D eigenvalue weighted by Gasteiger charge is -2.41. The van der Waals surface area contributed by atoms with Gasteiger partial charge in [-0.15, -0.1) is 0 Å². The average Bonchev–Trinajstić information content (AvgIpc) is 2.84. The number of carbonyl (C=O) groups is 1. The molecular weight excluding hydrogens is 425 g/mol. The zero-order chi connectivity index (χ0) is 23.2. The van der Waals surface area contributed by atoms with Crippen LogP contribution in [-0.2, 0) is 20.7 Å². The molecule has 0 aromatic heterocycles. The highest BCUT2D eigenvalue weighted by atomic mass is 19.1. The first-order chi connectivity index (χ1) is 16.1. The molecule has 2 aromatic carbocycles. The topological polar surface area (TPSA) is 99.6 Å². The molecule has 4 rings (SSSR count). The van der Waals surface area contributed by atoms with Crippen LogP contribution in [0.5, 0.6) is 0 Å². The van der Waals surface area contributed by atoms with Crippen LogP contribution in [0, 0.1) is 5.82 Å². The zero-order valence-corrected chi connectivity index (χ0v) is 18.6. The van der Waals surface area contributed by atoms with E-state index in [0.29, 0.717) is 26.1 Å². The minimum absolute atomic E-state index is 0.146. The maximum atomic E-state index is 13.7. The van der Waals surface area contributed by atoms with Crippen LogP contribution in [0.1, 0.15) is 29.2 Å². The molecule has 33 heavy (non-hydrogen) atoms. The number of nitrogens with one attached hydrogen (secondary N) is 1. The fourth-order valence-electron chi connectivity index (χ4n) is 4.68. The van der Waals surface area contributed by atoms with Gasteiger partial charge in [0.25, 0.3) is 5.91 Å². The van der Waals surface area contributed by atoms with E-state index in [2.05, 4.69) is 21.4 Å². The van der Waals surface area contributed by atoms with Crippen LogP contribution in [0.4, 0.5) is 4.39 Å². The summed E-state index contributed by atoms with van der Waals surface area (Å²) < 4.78 is 24.6. The lowest BCUT2D eigenvalue weighted by Crippen LogP contribution is -2.54. The smallest absolute Gasteiger partial charge is 0.252 e. The Labute approximate surface area is 192 Å². The van der Waals surface area contributed by atoms with E-state index in [0.717, 1.165) is 17.5 Å². The van der Waals surface area contributed by atoms with Crippen LogP contribution in [-0.4, -0.2) is 62.4 Å². The number of azide groups is 1. The molecule has 2 aliphatic rings. The third-order valence-corrected chi connectivity index (χ3v) is 6.34. The standard InChI is InChI=1S/C24H28FN5O3/c1-32-13-11-27-21-15-33-22(14-20(21)28-29-26)24(31)30-12-10-16-4-2-3-5-19(16)23(30)17-6-8-18(25)9-7-17/h2-9,20-23,27H,10-15H2,1H3/t20?,21-,22-,23+/m1/s1. The van der Waals surface area contributed by atoms with Crippen molar-refractivity contribution in [2.45, 2.75) is 37.1 Å². The van der Waals surface area contributed by atoms with Crippen LogP contribution in [0.3, 0.4) is 0 Å². The van der Waals surface area contributed by atoms with Gasteiger partial charge in [0.1, 0.15) is 11.9 Å². The van der Waals surface area contributed by atoms with E-state index in [1.165, 1.54) is 17.7 Å². The molecule has 174 valence electrons. The molecule has 0 spiro atoms. The predicted molar refractivity (Wildman–Crippen MR) is 121 cm³/mol. The molecule has 2 aromatic rings. The molecule has 1 amide bonds. The molecule has 0 bridgehead atoms. The Hall–Kier alpha value is -2.97. The Morgan fingerprint density at radius 2 is 2.09 bits per heavy atom. The number of amides is 1. The van der Waals surface area contributed by atoms with E-state index in [9.17, 15) is 9.18 Å². The third-order valence-electron chi connectivity index (χ3n) is 6.34. The molecule has 0 aliphatic carbocycles. The molecule has 8 nitrogen and oxygen atoms in total. The lowest BCUT2D eigenvalue weighted by atomic mass is 9.87. The quantitative estimate of drug-likeness (QED) is 0.301. The van der Waals surface area contributed by atoms with E-state index in [4.69, 9.17) is 15.0 Å². The summed E-state index contributed by atoms with van der Waals surface area (Å²) in [6, 6.07) is 13.4. The molecule has 4 atom stereocenters. The summed E-state index contributed by atoms with van der Waals surface area (Å²) in [6.07, 6.45) is 0.309. The van der Waals surface area contributed by atoms with Crippen LogP contribution in [0.15, 0.2) is 53.6 Å². The number of rotatable bonds is 7. The second-order valence-corrected chi connectivity index (χ2v) is 8.32. The van der Waals surface area contributed by atoms with Gasteiger partial charge in [0.05, 0.1) is 25.3 Å². The van der Waals surface area contributed by atoms with E-state index in [1.54, 1.807) is 19.2 Å². The van der Waals surface area contributed by atoms with Crippen molar-refractivity contribution in [2.75, 3.05) is 33.4 Å². The van der Waals surface area contributed by atoms with E-state index in [-0.39, 0.29) is 30.4 Å². The van der Waals surface area contributed by atoms with Crippen molar-refractivity contribution in [1.82, 2.24) is 10.2 Å². The van der Waals surface area contributed by atoms with E-state index < -0.39 is 12.1 Å². The van der Waals surface area contributed by atoms with Crippen LogP contribution in [0.2, 0.25) is 0 Å². The van der Waals surface area contributed by atoms with Crippen molar-refractivity contribution in [2.24, 2.45) is 5.11 Å². The Balaban J connectivity index is 1.57. The number of ether oxygens (including phenoxy) is 2. The molecule has 2 heterocycles. The molecule has 9 heteroatoms. The van der Waals surface area contributed by atoms with Crippen molar-refractivity contribution in [3.8, 4) is 0 Å². The van der Waals surface area contributed by atoms with Gasteiger partial charge in [-0.05, 0) is 47.2 Å². The van der Waals surface area contributed by atoms with Crippen LogP contribution >= 0.6 is 0 Å². The van der Waals surface area contributed by atoms with Crippen LogP contribution < -0.4 is 5.32 Å². The summed E-state index contributed by atoms with van der Waals surface area (Å²) in [7, 11) is 1.62. The number of carbonyl (C=O) groups excluding carboxylic acids is 1. The maximum Gasteiger partial charge on any atom is 0.252 e. The molecule has 2 aliphatic heterocycles. The Morgan fingerprint density at radius 3 is 2.85 bits per heavy atom. The Kier molecular flexibility index (Phi) is 7.57. The molecule has 1 unspecified atom stereocenters. The summed E-state index contributed by atoms with van der Waals surface area (Å²) in [6.45, 7) is 1.90. The molecule has 1 saturated heterocycles. The minimum Gasteiger partial charge on any atom is -0.383 e. The number of hydrogen-bond acceptors (Lipinski definition) is 5. The van der Waals surface area contributed by atoms with Gasteiger partial charge in [0.2, 0.25) is 0 Å². The van der Waals surface area contributed by atoms with Gasteiger partial charge >= 0.3 is 0 Å². The number of hydrogen-bond donors (Lipinski definition) is 1. The van der Waals surface area contributed by atoms with Gasteiger partial charge in [-0.2, -0.15) is 0 Å². The Bertz CT molecular complexity index is 1010. The second-order valence-electron chi connectivity index (χ2n) is 8.32. The monoisotopic (exact) mass is 453 g/mol. The fraction of sp³-hybridized carbons (Fsp3) is 0.458. The van der Waals surface area contributed by atoms with Crippen molar-refractivity contribution in [3.63, 3.8) is 0 Å². The summed E-state index contributed by atoms with van der Waals surface area (Å²) in [5, 5.41) is 7.20. The van der Waals surface area contributed by atoms with Gasteiger partial charge in [-0.3, -0.25) is 4.79 Å². The van der Waals surface area contributed by atoms with Gasteiger partial charge in [-0.1, -0.05) is 41.5 Å². The first-order valence-corrected chi connectivity index (χ1v) is 11.1. The average molecular weight is 454 g/mol. The number of fused-ring (bicyclic) bond motifs is 1. The summed E-state index contributed by atoms with van der Waals surface area (Å²) in [5.74, 6) is -0.465. The highest BCUT2D eigenvalue weighted by molar-refractivity contribution is 5.82. The fourth-order valence-corrected chi connectivity index (χ4v) is 4.68.